The van der Waals surface area contributed by atoms with Crippen molar-refractivity contribution in [3.8, 4) is 5.75 Å². The lowest BCUT2D eigenvalue weighted by Gasteiger charge is -2.20. The van der Waals surface area contributed by atoms with E-state index in [9.17, 15) is 4.79 Å². The summed E-state index contributed by atoms with van der Waals surface area (Å²) in [5, 5.41) is 5.72. The second-order valence-corrected chi connectivity index (χ2v) is 5.60. The van der Waals surface area contributed by atoms with Crippen molar-refractivity contribution in [1.82, 2.24) is 10.6 Å². The van der Waals surface area contributed by atoms with Crippen LogP contribution in [0.15, 0.2) is 18.2 Å². The van der Waals surface area contributed by atoms with E-state index in [1.54, 1.807) is 0 Å². The lowest BCUT2D eigenvalue weighted by Crippen LogP contribution is -2.46. The molecule has 1 aliphatic heterocycles. The number of ether oxygens (including phenoxy) is 1. The molecule has 2 amide bonds. The Bertz CT molecular complexity index is 450. The summed E-state index contributed by atoms with van der Waals surface area (Å²) in [4.78, 5) is 11.6. The predicted octanol–water partition coefficient (Wildman–Crippen LogP) is 2.22. The van der Waals surface area contributed by atoms with Crippen molar-refractivity contribution >= 4 is 6.03 Å². The molecule has 2 N–H and O–H groups in total. The Labute approximate surface area is 108 Å². The second kappa shape index (κ2) is 4.88. The summed E-state index contributed by atoms with van der Waals surface area (Å²) in [6.45, 7) is 7.17. The molecule has 0 aromatic heterocycles. The first-order chi connectivity index (χ1) is 8.44. The summed E-state index contributed by atoms with van der Waals surface area (Å²) >= 11 is 0. The van der Waals surface area contributed by atoms with Crippen LogP contribution in [0.25, 0.3) is 0 Å². The zero-order valence-corrected chi connectivity index (χ0v) is 11.2. The molecule has 1 aromatic rings. The first-order valence-electron chi connectivity index (χ1n) is 6.25. The highest BCUT2D eigenvalue weighted by Gasteiger charge is 2.14. The second-order valence-electron chi connectivity index (χ2n) is 5.60. The monoisotopic (exact) mass is 248 g/mol. The van der Waals surface area contributed by atoms with E-state index in [1.807, 2.05) is 32.9 Å². The fourth-order valence-corrected chi connectivity index (χ4v) is 1.92. The Balaban J connectivity index is 1.89. The van der Waals surface area contributed by atoms with Crippen molar-refractivity contribution in [2.24, 2.45) is 0 Å². The van der Waals surface area contributed by atoms with Crippen LogP contribution in [-0.2, 0) is 13.0 Å². The summed E-state index contributed by atoms with van der Waals surface area (Å²) in [6.07, 6.45) is 0.956. The molecule has 18 heavy (non-hydrogen) atoms. The third kappa shape index (κ3) is 3.39. The number of carbonyl (C=O) groups excluding carboxylic acids is 1. The number of carbonyl (C=O) groups is 1. The van der Waals surface area contributed by atoms with Gasteiger partial charge < -0.3 is 15.4 Å². The molecule has 0 saturated carbocycles. The predicted molar refractivity (Wildman–Crippen MR) is 70.8 cm³/mol. The topological polar surface area (TPSA) is 50.4 Å². The molecule has 0 saturated heterocycles. The highest BCUT2D eigenvalue weighted by atomic mass is 16.5. The molecule has 4 heteroatoms. The van der Waals surface area contributed by atoms with Crippen LogP contribution in [0, 0.1) is 0 Å². The van der Waals surface area contributed by atoms with Gasteiger partial charge in [-0.2, -0.15) is 0 Å². The Kier molecular flexibility index (Phi) is 3.45. The van der Waals surface area contributed by atoms with Gasteiger partial charge in [0.05, 0.1) is 6.61 Å². The van der Waals surface area contributed by atoms with Gasteiger partial charge in [-0.15, -0.1) is 0 Å². The standard InChI is InChI=1S/C14H20N2O2/c1-14(2,3)16-13(17)15-9-10-4-5-12-11(8-10)6-7-18-12/h4-5,8H,6-7,9H2,1-3H3,(H2,15,16,17). The summed E-state index contributed by atoms with van der Waals surface area (Å²) in [7, 11) is 0. The van der Waals surface area contributed by atoms with Crippen LogP contribution < -0.4 is 15.4 Å². The van der Waals surface area contributed by atoms with Crippen LogP contribution in [0.2, 0.25) is 0 Å². The van der Waals surface area contributed by atoms with Gasteiger partial charge in [0.25, 0.3) is 0 Å². The van der Waals surface area contributed by atoms with Crippen LogP contribution in [0.5, 0.6) is 5.75 Å². The number of benzene rings is 1. The smallest absolute Gasteiger partial charge is 0.315 e. The number of hydrogen-bond donors (Lipinski definition) is 2. The first-order valence-corrected chi connectivity index (χ1v) is 6.25. The fraction of sp³-hybridized carbons (Fsp3) is 0.500. The van der Waals surface area contributed by atoms with Crippen molar-refractivity contribution in [3.63, 3.8) is 0 Å². The molecule has 0 atom stereocenters. The Morgan fingerprint density at radius 2 is 2.17 bits per heavy atom. The molecule has 0 fully saturated rings. The van der Waals surface area contributed by atoms with E-state index >= 15 is 0 Å². The Morgan fingerprint density at radius 1 is 1.39 bits per heavy atom. The average Bonchev–Trinajstić information content (AvgIpc) is 2.71. The van der Waals surface area contributed by atoms with Gasteiger partial charge in [0, 0.05) is 18.5 Å². The average molecular weight is 248 g/mol. The van der Waals surface area contributed by atoms with E-state index < -0.39 is 0 Å². The van der Waals surface area contributed by atoms with Crippen LogP contribution in [0.4, 0.5) is 4.79 Å². The van der Waals surface area contributed by atoms with Crippen molar-refractivity contribution in [2.45, 2.75) is 39.3 Å². The number of rotatable bonds is 2. The molecule has 1 aliphatic rings. The fourth-order valence-electron chi connectivity index (χ4n) is 1.92. The quantitative estimate of drug-likeness (QED) is 0.843. The van der Waals surface area contributed by atoms with Crippen molar-refractivity contribution in [3.05, 3.63) is 29.3 Å². The summed E-state index contributed by atoms with van der Waals surface area (Å²) in [5.74, 6) is 0.970. The zero-order chi connectivity index (χ0) is 13.2. The summed E-state index contributed by atoms with van der Waals surface area (Å²) in [5.41, 5.74) is 2.12. The molecule has 0 bridgehead atoms. The molecule has 0 unspecified atom stereocenters. The lowest BCUT2D eigenvalue weighted by atomic mass is 10.1. The van der Waals surface area contributed by atoms with Crippen molar-refractivity contribution in [1.29, 1.82) is 0 Å². The minimum absolute atomic E-state index is 0.140. The molecular weight excluding hydrogens is 228 g/mol. The van der Waals surface area contributed by atoms with Gasteiger partial charge in [-0.3, -0.25) is 0 Å². The molecule has 0 spiro atoms. The number of urea groups is 1. The van der Waals surface area contributed by atoms with E-state index in [-0.39, 0.29) is 11.6 Å². The van der Waals surface area contributed by atoms with Gasteiger partial charge in [0.2, 0.25) is 0 Å². The summed E-state index contributed by atoms with van der Waals surface area (Å²) < 4.78 is 5.45. The van der Waals surface area contributed by atoms with Gasteiger partial charge in [-0.1, -0.05) is 12.1 Å². The maximum absolute atomic E-state index is 11.6. The van der Waals surface area contributed by atoms with E-state index in [1.165, 1.54) is 5.56 Å². The van der Waals surface area contributed by atoms with Gasteiger partial charge in [-0.25, -0.2) is 4.79 Å². The minimum atomic E-state index is -0.212. The summed E-state index contributed by atoms with van der Waals surface area (Å²) in [6, 6.07) is 5.92. The van der Waals surface area contributed by atoms with E-state index in [0.717, 1.165) is 24.3 Å². The lowest BCUT2D eigenvalue weighted by molar-refractivity contribution is 0.231. The highest BCUT2D eigenvalue weighted by molar-refractivity contribution is 5.74. The van der Waals surface area contributed by atoms with Crippen LogP contribution >= 0.6 is 0 Å². The number of fused-ring (bicyclic) bond motifs is 1. The van der Waals surface area contributed by atoms with Crippen molar-refractivity contribution < 1.29 is 9.53 Å². The van der Waals surface area contributed by atoms with Gasteiger partial charge in [-0.05, 0) is 38.0 Å². The number of nitrogens with one attached hydrogen (secondary N) is 2. The molecule has 4 nitrogen and oxygen atoms in total. The van der Waals surface area contributed by atoms with Gasteiger partial charge in [0.1, 0.15) is 5.75 Å². The number of hydrogen-bond acceptors (Lipinski definition) is 2. The van der Waals surface area contributed by atoms with E-state index in [2.05, 4.69) is 16.7 Å². The molecule has 0 radical (unpaired) electrons. The molecule has 1 aromatic carbocycles. The van der Waals surface area contributed by atoms with Gasteiger partial charge in [0.15, 0.2) is 0 Å². The zero-order valence-electron chi connectivity index (χ0n) is 11.2. The first kappa shape index (κ1) is 12.7. The maximum Gasteiger partial charge on any atom is 0.315 e. The van der Waals surface area contributed by atoms with E-state index in [0.29, 0.717) is 6.54 Å². The SMILES string of the molecule is CC(C)(C)NC(=O)NCc1ccc2c(c1)CCO2. The third-order valence-corrected chi connectivity index (χ3v) is 2.70. The normalized spacial score (nSPS) is 13.7. The largest absolute Gasteiger partial charge is 0.493 e. The van der Waals surface area contributed by atoms with Crippen LogP contribution in [-0.4, -0.2) is 18.2 Å². The van der Waals surface area contributed by atoms with Crippen LogP contribution in [0.3, 0.4) is 0 Å². The number of amides is 2. The highest BCUT2D eigenvalue weighted by Crippen LogP contribution is 2.25. The molecular formula is C14H20N2O2. The Morgan fingerprint density at radius 3 is 2.89 bits per heavy atom. The minimum Gasteiger partial charge on any atom is -0.493 e. The third-order valence-electron chi connectivity index (χ3n) is 2.70. The molecule has 0 aliphatic carbocycles. The maximum atomic E-state index is 11.6. The van der Waals surface area contributed by atoms with Crippen LogP contribution in [0.1, 0.15) is 31.9 Å². The Hall–Kier alpha value is -1.71. The molecule has 2 rings (SSSR count). The van der Waals surface area contributed by atoms with E-state index in [4.69, 9.17) is 4.74 Å². The van der Waals surface area contributed by atoms with Gasteiger partial charge >= 0.3 is 6.03 Å². The van der Waals surface area contributed by atoms with Crippen molar-refractivity contribution in [2.75, 3.05) is 6.61 Å². The molecule has 1 heterocycles. The molecule has 98 valence electrons.